The van der Waals surface area contributed by atoms with E-state index in [9.17, 15) is 0 Å². The third-order valence-corrected chi connectivity index (χ3v) is 1.81. The SMILES string of the molecule is Nc1cc(C#CCS)ccc1Cl. The largest absolute Gasteiger partial charge is 0.397 e. The lowest BCUT2D eigenvalue weighted by Crippen LogP contribution is -1.86. The van der Waals surface area contributed by atoms with Crippen LogP contribution in [-0.2, 0) is 0 Å². The van der Waals surface area contributed by atoms with Crippen molar-refractivity contribution in [2.45, 2.75) is 0 Å². The zero-order valence-electron chi connectivity index (χ0n) is 6.34. The Bertz CT molecular complexity index is 338. The third-order valence-electron chi connectivity index (χ3n) is 1.31. The van der Waals surface area contributed by atoms with Gasteiger partial charge in [0.1, 0.15) is 0 Å². The highest BCUT2D eigenvalue weighted by Crippen LogP contribution is 2.18. The lowest BCUT2D eigenvalue weighted by molar-refractivity contribution is 1.63. The molecule has 0 aliphatic heterocycles. The van der Waals surface area contributed by atoms with Crippen molar-refractivity contribution >= 4 is 29.9 Å². The van der Waals surface area contributed by atoms with E-state index in [1.54, 1.807) is 12.1 Å². The van der Waals surface area contributed by atoms with Crippen molar-refractivity contribution in [3.63, 3.8) is 0 Å². The number of thiol groups is 1. The highest BCUT2D eigenvalue weighted by atomic mass is 35.5. The molecular weight excluding hydrogens is 190 g/mol. The lowest BCUT2D eigenvalue weighted by Gasteiger charge is -1.96. The third kappa shape index (κ3) is 2.37. The van der Waals surface area contributed by atoms with E-state index < -0.39 is 0 Å². The summed E-state index contributed by atoms with van der Waals surface area (Å²) in [5.41, 5.74) is 7.00. The first-order chi connectivity index (χ1) is 5.74. The van der Waals surface area contributed by atoms with Gasteiger partial charge in [-0.15, -0.1) is 0 Å². The molecule has 0 heterocycles. The minimum Gasteiger partial charge on any atom is -0.397 e. The number of rotatable bonds is 0. The molecule has 0 unspecified atom stereocenters. The molecule has 0 spiro atoms. The molecule has 3 heteroatoms. The number of hydrogen-bond acceptors (Lipinski definition) is 2. The fourth-order valence-electron chi connectivity index (χ4n) is 0.763. The van der Waals surface area contributed by atoms with Crippen molar-refractivity contribution in [3.8, 4) is 11.8 Å². The van der Waals surface area contributed by atoms with E-state index in [1.807, 2.05) is 6.07 Å². The average molecular weight is 198 g/mol. The van der Waals surface area contributed by atoms with Gasteiger partial charge in [0.2, 0.25) is 0 Å². The van der Waals surface area contributed by atoms with Gasteiger partial charge in [-0.05, 0) is 18.2 Å². The smallest absolute Gasteiger partial charge is 0.0636 e. The predicted molar refractivity (Wildman–Crippen MR) is 56.6 cm³/mol. The summed E-state index contributed by atoms with van der Waals surface area (Å²) in [6.45, 7) is 0. The molecule has 0 fully saturated rings. The average Bonchev–Trinajstić information content (AvgIpc) is 2.07. The normalized spacial score (nSPS) is 8.83. The summed E-state index contributed by atoms with van der Waals surface area (Å²) >= 11 is 9.69. The number of anilines is 1. The highest BCUT2D eigenvalue weighted by molar-refractivity contribution is 7.80. The molecule has 1 rings (SSSR count). The predicted octanol–water partition coefficient (Wildman–Crippen LogP) is 2.20. The van der Waals surface area contributed by atoms with E-state index in [2.05, 4.69) is 24.5 Å². The van der Waals surface area contributed by atoms with Crippen molar-refractivity contribution in [2.24, 2.45) is 0 Å². The first-order valence-electron chi connectivity index (χ1n) is 3.39. The maximum Gasteiger partial charge on any atom is 0.0636 e. The quantitative estimate of drug-likeness (QED) is 0.372. The maximum absolute atomic E-state index is 5.73. The molecule has 0 aliphatic carbocycles. The van der Waals surface area contributed by atoms with Crippen LogP contribution < -0.4 is 5.73 Å². The molecule has 0 aromatic heterocycles. The Labute approximate surface area is 82.3 Å². The standard InChI is InChI=1S/C9H8ClNS/c10-8-4-3-7(2-1-5-12)6-9(8)11/h3-4,6,12H,5,11H2. The monoisotopic (exact) mass is 197 g/mol. The Morgan fingerprint density at radius 3 is 2.83 bits per heavy atom. The number of nitrogens with two attached hydrogens (primary N) is 1. The minimum absolute atomic E-state index is 0.544. The molecule has 0 atom stereocenters. The van der Waals surface area contributed by atoms with E-state index in [0.717, 1.165) is 5.56 Å². The van der Waals surface area contributed by atoms with Gasteiger partial charge in [0.05, 0.1) is 16.5 Å². The van der Waals surface area contributed by atoms with Crippen molar-refractivity contribution in [2.75, 3.05) is 11.5 Å². The summed E-state index contributed by atoms with van der Waals surface area (Å²) in [4.78, 5) is 0. The van der Waals surface area contributed by atoms with E-state index in [4.69, 9.17) is 17.3 Å². The van der Waals surface area contributed by atoms with Gasteiger partial charge in [0.25, 0.3) is 0 Å². The summed E-state index contributed by atoms with van der Waals surface area (Å²) in [6.07, 6.45) is 0. The van der Waals surface area contributed by atoms with Crippen molar-refractivity contribution in [1.29, 1.82) is 0 Å². The summed E-state index contributed by atoms with van der Waals surface area (Å²) in [6, 6.07) is 5.31. The van der Waals surface area contributed by atoms with Crippen LogP contribution in [0.15, 0.2) is 18.2 Å². The Balaban J connectivity index is 2.97. The van der Waals surface area contributed by atoms with Gasteiger partial charge in [0.15, 0.2) is 0 Å². The second kappa shape index (κ2) is 4.30. The van der Waals surface area contributed by atoms with Crippen LogP contribution in [0.4, 0.5) is 5.69 Å². The molecule has 0 aliphatic rings. The Kier molecular flexibility index (Phi) is 3.33. The van der Waals surface area contributed by atoms with E-state index in [1.165, 1.54) is 0 Å². The van der Waals surface area contributed by atoms with Crippen LogP contribution in [0.2, 0.25) is 5.02 Å². The Hall–Kier alpha value is -0.780. The second-order valence-electron chi connectivity index (χ2n) is 2.20. The molecule has 12 heavy (non-hydrogen) atoms. The van der Waals surface area contributed by atoms with E-state index >= 15 is 0 Å². The summed E-state index contributed by atoms with van der Waals surface area (Å²) in [7, 11) is 0. The van der Waals surface area contributed by atoms with Crippen LogP contribution >= 0.6 is 24.2 Å². The van der Waals surface area contributed by atoms with Crippen molar-refractivity contribution < 1.29 is 0 Å². The van der Waals surface area contributed by atoms with Crippen LogP contribution in [0.5, 0.6) is 0 Å². The number of hydrogen-bond donors (Lipinski definition) is 2. The maximum atomic E-state index is 5.73. The van der Waals surface area contributed by atoms with Crippen LogP contribution in [0, 0.1) is 11.8 Å². The first-order valence-corrected chi connectivity index (χ1v) is 4.40. The van der Waals surface area contributed by atoms with E-state index in [-0.39, 0.29) is 0 Å². The summed E-state index contributed by atoms with van der Waals surface area (Å²) < 4.78 is 0. The van der Waals surface area contributed by atoms with Crippen LogP contribution in [0.25, 0.3) is 0 Å². The lowest BCUT2D eigenvalue weighted by atomic mass is 10.2. The zero-order valence-corrected chi connectivity index (χ0v) is 7.99. The zero-order chi connectivity index (χ0) is 8.97. The van der Waals surface area contributed by atoms with Gasteiger partial charge in [0, 0.05) is 5.56 Å². The molecular formula is C9H8ClNS. The number of benzene rings is 1. The van der Waals surface area contributed by atoms with Gasteiger partial charge >= 0.3 is 0 Å². The molecule has 0 saturated carbocycles. The van der Waals surface area contributed by atoms with Gasteiger partial charge < -0.3 is 5.73 Å². The van der Waals surface area contributed by atoms with Gasteiger partial charge in [-0.1, -0.05) is 23.4 Å². The molecule has 2 N–H and O–H groups in total. The Morgan fingerprint density at radius 2 is 2.25 bits per heavy atom. The fourth-order valence-corrected chi connectivity index (χ4v) is 0.960. The molecule has 0 amide bonds. The first kappa shape index (κ1) is 9.31. The molecule has 62 valence electrons. The second-order valence-corrected chi connectivity index (χ2v) is 2.92. The van der Waals surface area contributed by atoms with Gasteiger partial charge in [-0.3, -0.25) is 0 Å². The molecule has 1 nitrogen and oxygen atoms in total. The molecule has 1 aromatic carbocycles. The van der Waals surface area contributed by atoms with Crippen LogP contribution in [-0.4, -0.2) is 5.75 Å². The van der Waals surface area contributed by atoms with Crippen molar-refractivity contribution in [3.05, 3.63) is 28.8 Å². The molecule has 0 radical (unpaired) electrons. The molecule has 0 bridgehead atoms. The fraction of sp³-hybridized carbons (Fsp3) is 0.111. The Morgan fingerprint density at radius 1 is 1.50 bits per heavy atom. The number of halogens is 1. The van der Waals surface area contributed by atoms with Gasteiger partial charge in [-0.25, -0.2) is 0 Å². The summed E-state index contributed by atoms with van der Waals surface area (Å²) in [5.74, 6) is 6.27. The minimum atomic E-state index is 0.544. The van der Waals surface area contributed by atoms with Crippen LogP contribution in [0.1, 0.15) is 5.56 Å². The molecule has 0 saturated heterocycles. The van der Waals surface area contributed by atoms with E-state index in [0.29, 0.717) is 16.5 Å². The number of nitrogen functional groups attached to an aromatic ring is 1. The highest BCUT2D eigenvalue weighted by Gasteiger charge is 1.94. The van der Waals surface area contributed by atoms with Crippen molar-refractivity contribution in [1.82, 2.24) is 0 Å². The van der Waals surface area contributed by atoms with Gasteiger partial charge in [-0.2, -0.15) is 12.6 Å². The summed E-state index contributed by atoms with van der Waals surface area (Å²) in [5, 5.41) is 0.562. The van der Waals surface area contributed by atoms with Crippen LogP contribution in [0.3, 0.4) is 0 Å². The molecule has 1 aromatic rings. The topological polar surface area (TPSA) is 26.0 Å².